The van der Waals surface area contributed by atoms with Crippen LogP contribution in [0.4, 0.5) is 0 Å². The molecule has 0 aliphatic heterocycles. The summed E-state index contributed by atoms with van der Waals surface area (Å²) in [5.41, 5.74) is 5.47. The summed E-state index contributed by atoms with van der Waals surface area (Å²) in [6.45, 7) is 1.91. The van der Waals surface area contributed by atoms with Gasteiger partial charge in [-0.25, -0.2) is 0 Å². The molecule has 0 fully saturated rings. The summed E-state index contributed by atoms with van der Waals surface area (Å²) < 4.78 is 0.587. The van der Waals surface area contributed by atoms with E-state index in [0.717, 1.165) is 0 Å². The minimum atomic E-state index is -0.256. The Hall–Kier alpha value is -0.650. The number of halogens is 1. The maximum atomic E-state index is 11.7. The molecular formula is C9H11ClN2OS2. The summed E-state index contributed by atoms with van der Waals surface area (Å²) in [6.07, 6.45) is 0.681. The molecule has 0 saturated carbocycles. The molecule has 3 nitrogen and oxygen atoms in total. The lowest BCUT2D eigenvalue weighted by molar-refractivity contribution is 0.0950. The third kappa shape index (κ3) is 3.44. The van der Waals surface area contributed by atoms with Crippen LogP contribution in [0.3, 0.4) is 0 Å². The zero-order chi connectivity index (χ0) is 11.4. The number of rotatable bonds is 4. The maximum Gasteiger partial charge on any atom is 0.261 e. The molecule has 0 spiro atoms. The molecule has 15 heavy (non-hydrogen) atoms. The molecule has 0 aliphatic rings. The summed E-state index contributed by atoms with van der Waals surface area (Å²) in [5, 5.41) is 2.74. The van der Waals surface area contributed by atoms with Crippen LogP contribution >= 0.6 is 35.2 Å². The Morgan fingerprint density at radius 2 is 2.40 bits per heavy atom. The smallest absolute Gasteiger partial charge is 0.261 e. The molecule has 1 heterocycles. The molecule has 0 radical (unpaired) electrons. The number of nitrogens with two attached hydrogens (primary N) is 1. The molecule has 3 N–H and O–H groups in total. The highest BCUT2D eigenvalue weighted by Gasteiger charge is 2.15. The number of thiocarbonyl (C=S) groups is 1. The third-order valence-corrected chi connectivity index (χ3v) is 3.37. The Bertz CT molecular complexity index is 378. The largest absolute Gasteiger partial charge is 0.392 e. The molecule has 1 aromatic rings. The SMILES string of the molecule is CCC(NC(=O)c1ccc(Cl)s1)C(N)=S. The van der Waals surface area contributed by atoms with Crippen molar-refractivity contribution in [3.63, 3.8) is 0 Å². The predicted molar refractivity (Wildman–Crippen MR) is 67.7 cm³/mol. The summed E-state index contributed by atoms with van der Waals surface area (Å²) in [6, 6.07) is 3.10. The summed E-state index contributed by atoms with van der Waals surface area (Å²) in [5.74, 6) is -0.188. The van der Waals surface area contributed by atoms with Crippen molar-refractivity contribution in [1.82, 2.24) is 5.32 Å². The van der Waals surface area contributed by atoms with E-state index in [9.17, 15) is 4.79 Å². The van der Waals surface area contributed by atoms with E-state index < -0.39 is 0 Å². The molecule has 1 aromatic heterocycles. The van der Waals surface area contributed by atoms with Crippen molar-refractivity contribution in [2.75, 3.05) is 0 Å². The van der Waals surface area contributed by atoms with Gasteiger partial charge in [-0.2, -0.15) is 0 Å². The van der Waals surface area contributed by atoms with Crippen LogP contribution in [-0.2, 0) is 0 Å². The highest BCUT2D eigenvalue weighted by molar-refractivity contribution is 7.80. The Kier molecular flexibility index (Phi) is 4.50. The lowest BCUT2D eigenvalue weighted by Crippen LogP contribution is -2.42. The van der Waals surface area contributed by atoms with Gasteiger partial charge in [0.15, 0.2) is 0 Å². The first kappa shape index (κ1) is 12.4. The van der Waals surface area contributed by atoms with Gasteiger partial charge in [-0.3, -0.25) is 4.79 Å². The van der Waals surface area contributed by atoms with E-state index in [4.69, 9.17) is 29.6 Å². The normalized spacial score (nSPS) is 12.1. The second-order valence-corrected chi connectivity index (χ2v) is 5.13. The van der Waals surface area contributed by atoms with Gasteiger partial charge in [0.1, 0.15) is 0 Å². The van der Waals surface area contributed by atoms with Crippen molar-refractivity contribution < 1.29 is 4.79 Å². The average Bonchev–Trinajstić information content (AvgIpc) is 2.60. The van der Waals surface area contributed by atoms with E-state index in [-0.39, 0.29) is 11.9 Å². The first-order chi connectivity index (χ1) is 7.04. The second-order valence-electron chi connectivity index (χ2n) is 2.94. The van der Waals surface area contributed by atoms with E-state index in [1.807, 2.05) is 6.92 Å². The van der Waals surface area contributed by atoms with Crippen molar-refractivity contribution in [2.24, 2.45) is 5.73 Å². The first-order valence-corrected chi connectivity index (χ1v) is 6.00. The summed E-state index contributed by atoms with van der Waals surface area (Å²) in [4.78, 5) is 12.5. The van der Waals surface area contributed by atoms with Crippen LogP contribution in [0.15, 0.2) is 12.1 Å². The Balaban J connectivity index is 2.66. The van der Waals surface area contributed by atoms with Gasteiger partial charge in [0.2, 0.25) is 0 Å². The molecule has 0 aliphatic carbocycles. The summed E-state index contributed by atoms with van der Waals surface area (Å²) in [7, 11) is 0. The lowest BCUT2D eigenvalue weighted by Gasteiger charge is -2.14. The van der Waals surface area contributed by atoms with Gasteiger partial charge in [0.25, 0.3) is 5.91 Å². The molecule has 6 heteroatoms. The number of thiophene rings is 1. The minimum Gasteiger partial charge on any atom is -0.392 e. The Morgan fingerprint density at radius 1 is 1.73 bits per heavy atom. The van der Waals surface area contributed by atoms with Crippen LogP contribution in [0, 0.1) is 0 Å². The lowest BCUT2D eigenvalue weighted by atomic mass is 10.2. The molecule has 1 unspecified atom stereocenters. The van der Waals surface area contributed by atoms with Crippen LogP contribution in [0.25, 0.3) is 0 Å². The highest BCUT2D eigenvalue weighted by Crippen LogP contribution is 2.21. The summed E-state index contributed by atoms with van der Waals surface area (Å²) >= 11 is 11.8. The zero-order valence-electron chi connectivity index (χ0n) is 8.12. The van der Waals surface area contributed by atoms with E-state index in [2.05, 4.69) is 5.32 Å². The third-order valence-electron chi connectivity index (χ3n) is 1.85. The van der Waals surface area contributed by atoms with E-state index in [1.54, 1.807) is 12.1 Å². The number of hydrogen-bond acceptors (Lipinski definition) is 3. The van der Waals surface area contributed by atoms with Gasteiger partial charge >= 0.3 is 0 Å². The Morgan fingerprint density at radius 3 is 2.80 bits per heavy atom. The van der Waals surface area contributed by atoms with Crippen LogP contribution < -0.4 is 11.1 Å². The van der Waals surface area contributed by atoms with Gasteiger partial charge in [0, 0.05) is 0 Å². The fraction of sp³-hybridized carbons (Fsp3) is 0.333. The minimum absolute atomic E-state index is 0.188. The molecule has 0 saturated heterocycles. The zero-order valence-corrected chi connectivity index (χ0v) is 10.5. The highest BCUT2D eigenvalue weighted by atomic mass is 35.5. The van der Waals surface area contributed by atoms with Crippen LogP contribution in [0.2, 0.25) is 4.34 Å². The quantitative estimate of drug-likeness (QED) is 0.818. The molecular weight excluding hydrogens is 252 g/mol. The van der Waals surface area contributed by atoms with Gasteiger partial charge in [-0.1, -0.05) is 30.7 Å². The number of carbonyl (C=O) groups excluding carboxylic acids is 1. The van der Waals surface area contributed by atoms with Gasteiger partial charge < -0.3 is 11.1 Å². The molecule has 1 amide bonds. The van der Waals surface area contributed by atoms with Gasteiger partial charge in [0.05, 0.1) is 20.2 Å². The van der Waals surface area contributed by atoms with Crippen molar-refractivity contribution in [3.05, 3.63) is 21.3 Å². The Labute approximate surface area is 103 Å². The number of amides is 1. The van der Waals surface area contributed by atoms with Crippen molar-refractivity contribution >= 4 is 46.1 Å². The van der Waals surface area contributed by atoms with Crippen molar-refractivity contribution in [3.8, 4) is 0 Å². The molecule has 1 atom stereocenters. The second kappa shape index (κ2) is 5.44. The van der Waals surface area contributed by atoms with Crippen molar-refractivity contribution in [1.29, 1.82) is 0 Å². The van der Waals surface area contributed by atoms with Gasteiger partial charge in [-0.05, 0) is 18.6 Å². The molecule has 1 rings (SSSR count). The predicted octanol–water partition coefficient (Wildman–Crippen LogP) is 2.20. The molecule has 0 bridgehead atoms. The van der Waals surface area contributed by atoms with Crippen LogP contribution in [0.1, 0.15) is 23.0 Å². The first-order valence-electron chi connectivity index (χ1n) is 4.40. The number of nitrogens with one attached hydrogen (secondary N) is 1. The average molecular weight is 263 g/mol. The topological polar surface area (TPSA) is 55.1 Å². The van der Waals surface area contributed by atoms with E-state index in [0.29, 0.717) is 20.6 Å². The van der Waals surface area contributed by atoms with Gasteiger partial charge in [-0.15, -0.1) is 11.3 Å². The monoisotopic (exact) mass is 262 g/mol. The van der Waals surface area contributed by atoms with E-state index in [1.165, 1.54) is 11.3 Å². The number of carbonyl (C=O) groups is 1. The fourth-order valence-corrected chi connectivity index (χ4v) is 2.21. The van der Waals surface area contributed by atoms with Crippen LogP contribution in [-0.4, -0.2) is 16.9 Å². The molecule has 82 valence electrons. The van der Waals surface area contributed by atoms with E-state index >= 15 is 0 Å². The van der Waals surface area contributed by atoms with Crippen LogP contribution in [0.5, 0.6) is 0 Å². The van der Waals surface area contributed by atoms with Crippen molar-refractivity contribution in [2.45, 2.75) is 19.4 Å². The maximum absolute atomic E-state index is 11.7. The molecule has 0 aromatic carbocycles. The standard InChI is InChI=1S/C9H11ClN2OS2/c1-2-5(8(11)14)12-9(13)6-3-4-7(10)15-6/h3-5H,2H2,1H3,(H2,11,14)(H,12,13). The number of hydrogen-bond donors (Lipinski definition) is 2. The fourth-order valence-electron chi connectivity index (χ4n) is 1.04.